The van der Waals surface area contributed by atoms with Crippen molar-refractivity contribution in [1.82, 2.24) is 8.61 Å². The summed E-state index contributed by atoms with van der Waals surface area (Å²) >= 11 is 0. The third kappa shape index (κ3) is 3.35. The molecule has 0 atom stereocenters. The van der Waals surface area contributed by atoms with Crippen LogP contribution in [-0.2, 0) is 20.0 Å². The first-order valence-electron chi connectivity index (χ1n) is 6.28. The van der Waals surface area contributed by atoms with Gasteiger partial charge in [0.15, 0.2) is 0 Å². The second-order valence-electron chi connectivity index (χ2n) is 4.71. The van der Waals surface area contributed by atoms with E-state index in [-0.39, 0.29) is 31.1 Å². The molecule has 0 radical (unpaired) electrons. The summed E-state index contributed by atoms with van der Waals surface area (Å²) in [6, 6.07) is 6.32. The largest absolute Gasteiger partial charge is 0.323 e. The fraction of sp³-hybridized carbons (Fsp3) is 0.455. The van der Waals surface area contributed by atoms with Crippen molar-refractivity contribution in [3.8, 4) is 0 Å². The maximum absolute atomic E-state index is 12.6. The predicted octanol–water partition coefficient (Wildman–Crippen LogP) is -0.762. The molecule has 0 unspecified atom stereocenters. The highest BCUT2D eigenvalue weighted by Gasteiger charge is 2.32. The van der Waals surface area contributed by atoms with Crippen molar-refractivity contribution in [2.75, 3.05) is 37.9 Å². The minimum absolute atomic E-state index is 0.0836. The van der Waals surface area contributed by atoms with E-state index in [9.17, 15) is 16.8 Å². The third-order valence-electron chi connectivity index (χ3n) is 3.33. The van der Waals surface area contributed by atoms with E-state index in [1.807, 2.05) is 0 Å². The van der Waals surface area contributed by atoms with Crippen LogP contribution in [0, 0.1) is 0 Å². The zero-order valence-corrected chi connectivity index (χ0v) is 13.2. The second-order valence-corrected chi connectivity index (χ2v) is 8.60. The molecule has 1 aliphatic heterocycles. The first-order valence-corrected chi connectivity index (χ1v) is 9.56. The van der Waals surface area contributed by atoms with Crippen LogP contribution < -0.4 is 11.3 Å². The molecule has 3 N–H and O–H groups in total. The van der Waals surface area contributed by atoms with Gasteiger partial charge in [0.2, 0.25) is 20.0 Å². The Morgan fingerprint density at radius 3 is 2.05 bits per heavy atom. The SMILES string of the molecule is CS(=O)(=O)N1CCN(S(=O)(=O)c2ccccc2NN)CC1. The number of hydrogen-bond acceptors (Lipinski definition) is 6. The molecular weight excluding hydrogens is 316 g/mol. The molecule has 0 saturated carbocycles. The maximum Gasteiger partial charge on any atom is 0.245 e. The molecule has 0 aromatic heterocycles. The fourth-order valence-electron chi connectivity index (χ4n) is 2.19. The van der Waals surface area contributed by atoms with Crippen LogP contribution >= 0.6 is 0 Å². The molecule has 21 heavy (non-hydrogen) atoms. The maximum atomic E-state index is 12.6. The third-order valence-corrected chi connectivity index (χ3v) is 6.59. The van der Waals surface area contributed by atoms with Crippen LogP contribution in [0.1, 0.15) is 0 Å². The van der Waals surface area contributed by atoms with E-state index in [4.69, 9.17) is 5.84 Å². The molecule has 1 aromatic rings. The number of anilines is 1. The topological polar surface area (TPSA) is 113 Å². The number of nitrogen functional groups attached to an aromatic ring is 1. The number of para-hydroxylation sites is 1. The number of nitrogens with two attached hydrogens (primary N) is 1. The molecule has 1 fully saturated rings. The number of hydrazine groups is 1. The average molecular weight is 334 g/mol. The lowest BCUT2D eigenvalue weighted by Gasteiger charge is -2.32. The smallest absolute Gasteiger partial charge is 0.245 e. The zero-order valence-electron chi connectivity index (χ0n) is 11.6. The Labute approximate surface area is 124 Å². The summed E-state index contributed by atoms with van der Waals surface area (Å²) in [6.45, 7) is 0.537. The molecule has 1 aromatic carbocycles. The van der Waals surface area contributed by atoms with E-state index < -0.39 is 20.0 Å². The van der Waals surface area contributed by atoms with Crippen molar-refractivity contribution in [2.45, 2.75) is 4.90 Å². The number of sulfonamides is 2. The lowest BCUT2D eigenvalue weighted by molar-refractivity contribution is 0.274. The highest BCUT2D eigenvalue weighted by atomic mass is 32.2. The van der Waals surface area contributed by atoms with Crippen molar-refractivity contribution >= 4 is 25.7 Å². The van der Waals surface area contributed by atoms with Crippen molar-refractivity contribution in [3.63, 3.8) is 0 Å². The van der Waals surface area contributed by atoms with Crippen LogP contribution in [0.3, 0.4) is 0 Å². The monoisotopic (exact) mass is 334 g/mol. The van der Waals surface area contributed by atoms with Gasteiger partial charge in [0.05, 0.1) is 11.9 Å². The van der Waals surface area contributed by atoms with E-state index in [1.54, 1.807) is 18.2 Å². The van der Waals surface area contributed by atoms with Crippen molar-refractivity contribution < 1.29 is 16.8 Å². The summed E-state index contributed by atoms with van der Waals surface area (Å²) in [5.41, 5.74) is 2.67. The van der Waals surface area contributed by atoms with Crippen LogP contribution in [0.2, 0.25) is 0 Å². The Balaban J connectivity index is 2.23. The van der Waals surface area contributed by atoms with Crippen molar-refractivity contribution in [2.24, 2.45) is 5.84 Å². The normalized spacial score (nSPS) is 18.6. The molecule has 10 heteroatoms. The van der Waals surface area contributed by atoms with Crippen molar-refractivity contribution in [3.05, 3.63) is 24.3 Å². The van der Waals surface area contributed by atoms with Crippen LogP contribution in [0.15, 0.2) is 29.2 Å². The Morgan fingerprint density at radius 1 is 1.00 bits per heavy atom. The summed E-state index contributed by atoms with van der Waals surface area (Å²) in [5, 5.41) is 0. The number of rotatable bonds is 4. The lowest BCUT2D eigenvalue weighted by Crippen LogP contribution is -2.50. The van der Waals surface area contributed by atoms with Crippen LogP contribution in [-0.4, -0.2) is 57.9 Å². The van der Waals surface area contributed by atoms with Gasteiger partial charge in [-0.05, 0) is 12.1 Å². The fourth-order valence-corrected chi connectivity index (χ4v) is 4.60. The average Bonchev–Trinajstić information content (AvgIpc) is 2.46. The van der Waals surface area contributed by atoms with Gasteiger partial charge in [-0.25, -0.2) is 16.8 Å². The number of nitrogens with zero attached hydrogens (tertiary/aromatic N) is 2. The predicted molar refractivity (Wildman–Crippen MR) is 79.4 cm³/mol. The Kier molecular flexibility index (Phi) is 4.54. The zero-order chi connectivity index (χ0) is 15.7. The molecule has 0 aliphatic carbocycles. The molecule has 1 aliphatic rings. The van der Waals surface area contributed by atoms with E-state index in [0.29, 0.717) is 5.69 Å². The summed E-state index contributed by atoms with van der Waals surface area (Å²) in [7, 11) is -7.00. The summed E-state index contributed by atoms with van der Waals surface area (Å²) < 4.78 is 50.6. The summed E-state index contributed by atoms with van der Waals surface area (Å²) in [6.07, 6.45) is 1.12. The Hall–Kier alpha value is -1.20. The first kappa shape index (κ1) is 16.2. The summed E-state index contributed by atoms with van der Waals surface area (Å²) in [4.78, 5) is 0.0836. The Bertz CT molecular complexity index is 709. The minimum Gasteiger partial charge on any atom is -0.323 e. The minimum atomic E-state index is -3.70. The molecule has 0 bridgehead atoms. The van der Waals surface area contributed by atoms with Gasteiger partial charge < -0.3 is 5.43 Å². The molecule has 2 rings (SSSR count). The second kappa shape index (κ2) is 5.89. The van der Waals surface area contributed by atoms with Gasteiger partial charge in [0.25, 0.3) is 0 Å². The molecule has 0 spiro atoms. The van der Waals surface area contributed by atoms with Gasteiger partial charge in [0.1, 0.15) is 4.90 Å². The molecule has 0 amide bonds. The van der Waals surface area contributed by atoms with Crippen molar-refractivity contribution in [1.29, 1.82) is 0 Å². The number of piperazine rings is 1. The van der Waals surface area contributed by atoms with Gasteiger partial charge in [-0.3, -0.25) is 5.84 Å². The van der Waals surface area contributed by atoms with E-state index in [2.05, 4.69) is 5.43 Å². The highest BCUT2D eigenvalue weighted by Crippen LogP contribution is 2.24. The highest BCUT2D eigenvalue weighted by molar-refractivity contribution is 7.89. The number of benzene rings is 1. The number of nitrogens with one attached hydrogen (secondary N) is 1. The standard InChI is InChI=1S/C11H18N4O4S2/c1-20(16,17)14-6-8-15(9-7-14)21(18,19)11-5-3-2-4-10(11)13-12/h2-5,13H,6-9,12H2,1H3. The summed E-state index contributed by atoms with van der Waals surface area (Å²) in [5.74, 6) is 5.34. The van der Waals surface area contributed by atoms with Crippen LogP contribution in [0.5, 0.6) is 0 Å². The van der Waals surface area contributed by atoms with Gasteiger partial charge >= 0.3 is 0 Å². The first-order chi connectivity index (χ1) is 9.76. The van der Waals surface area contributed by atoms with Gasteiger partial charge in [-0.15, -0.1) is 0 Å². The molecule has 8 nitrogen and oxygen atoms in total. The quantitative estimate of drug-likeness (QED) is 0.553. The van der Waals surface area contributed by atoms with Gasteiger partial charge in [0, 0.05) is 26.2 Å². The number of hydrogen-bond donors (Lipinski definition) is 2. The Morgan fingerprint density at radius 2 is 1.52 bits per heavy atom. The van der Waals surface area contributed by atoms with Crippen LogP contribution in [0.25, 0.3) is 0 Å². The molecule has 118 valence electrons. The molecular formula is C11H18N4O4S2. The van der Waals surface area contributed by atoms with E-state index in [0.717, 1.165) is 6.26 Å². The van der Waals surface area contributed by atoms with Crippen LogP contribution in [0.4, 0.5) is 5.69 Å². The van der Waals surface area contributed by atoms with Gasteiger partial charge in [-0.1, -0.05) is 12.1 Å². The van der Waals surface area contributed by atoms with Gasteiger partial charge in [-0.2, -0.15) is 8.61 Å². The van der Waals surface area contributed by atoms with E-state index in [1.165, 1.54) is 14.7 Å². The lowest BCUT2D eigenvalue weighted by atomic mass is 10.3. The molecule has 1 heterocycles. The van der Waals surface area contributed by atoms with E-state index >= 15 is 0 Å². The molecule has 1 saturated heterocycles.